The zero-order valence-electron chi connectivity index (χ0n) is 9.53. The fourth-order valence-electron chi connectivity index (χ4n) is 2.10. The smallest absolute Gasteiger partial charge is 0.227 e. The Morgan fingerprint density at radius 1 is 1.44 bits per heavy atom. The van der Waals surface area contributed by atoms with E-state index in [1.807, 2.05) is 30.9 Å². The molecule has 4 heteroatoms. The summed E-state index contributed by atoms with van der Waals surface area (Å²) < 4.78 is 0. The van der Waals surface area contributed by atoms with E-state index in [9.17, 15) is 4.79 Å². The minimum atomic E-state index is 0.217. The number of aromatic nitrogens is 1. The number of alkyl halides is 1. The van der Waals surface area contributed by atoms with E-state index in [0.29, 0.717) is 12.3 Å². The monoisotopic (exact) mass is 282 g/mol. The summed E-state index contributed by atoms with van der Waals surface area (Å²) in [5.41, 5.74) is 2.91. The van der Waals surface area contributed by atoms with Crippen LogP contribution in [0.2, 0.25) is 0 Å². The maximum atomic E-state index is 11.9. The zero-order chi connectivity index (χ0) is 11.7. The van der Waals surface area contributed by atoms with Crippen molar-refractivity contribution in [3.8, 4) is 0 Å². The van der Waals surface area contributed by atoms with Gasteiger partial charge in [0.05, 0.1) is 0 Å². The number of amides is 1. The van der Waals surface area contributed by atoms with Crippen LogP contribution in [0.3, 0.4) is 0 Å². The van der Waals surface area contributed by atoms with Crippen LogP contribution in [-0.4, -0.2) is 22.8 Å². The average Bonchev–Trinajstić information content (AvgIpc) is 2.58. The van der Waals surface area contributed by atoms with Crippen molar-refractivity contribution in [2.45, 2.75) is 20.3 Å². The summed E-state index contributed by atoms with van der Waals surface area (Å²) in [5.74, 6) is 0.649. The molecule has 1 atom stereocenters. The summed E-state index contributed by atoms with van der Waals surface area (Å²) >= 11 is 3.44. The molecule has 86 valence electrons. The minimum Gasteiger partial charge on any atom is -0.312 e. The van der Waals surface area contributed by atoms with Gasteiger partial charge in [-0.1, -0.05) is 15.9 Å². The largest absolute Gasteiger partial charge is 0.312 e. The lowest BCUT2D eigenvalue weighted by molar-refractivity contribution is -0.117. The third-order valence-corrected chi connectivity index (χ3v) is 3.72. The first-order chi connectivity index (χ1) is 7.60. The topological polar surface area (TPSA) is 33.2 Å². The fourth-order valence-corrected chi connectivity index (χ4v) is 2.54. The number of hydrogen-bond donors (Lipinski definition) is 0. The van der Waals surface area contributed by atoms with Gasteiger partial charge < -0.3 is 4.90 Å². The second-order valence-corrected chi connectivity index (χ2v) is 4.98. The molecule has 0 saturated carbocycles. The highest BCUT2D eigenvalue weighted by Crippen LogP contribution is 2.26. The molecule has 1 fully saturated rings. The first kappa shape index (κ1) is 11.6. The van der Waals surface area contributed by atoms with Gasteiger partial charge in [0.1, 0.15) is 0 Å². The Balaban J connectivity index is 2.27. The van der Waals surface area contributed by atoms with Crippen LogP contribution < -0.4 is 4.90 Å². The number of rotatable bonds is 2. The van der Waals surface area contributed by atoms with Gasteiger partial charge in [0, 0.05) is 35.4 Å². The predicted octanol–water partition coefficient (Wildman–Crippen LogP) is 2.45. The lowest BCUT2D eigenvalue weighted by Crippen LogP contribution is -2.24. The van der Waals surface area contributed by atoms with E-state index in [1.54, 1.807) is 0 Å². The summed E-state index contributed by atoms with van der Waals surface area (Å²) in [6.07, 6.45) is 0.645. The SMILES string of the molecule is Cc1cc(N2CC(CBr)CC2=O)cc(C)n1. The van der Waals surface area contributed by atoms with Gasteiger partial charge in [-0.05, 0) is 31.9 Å². The van der Waals surface area contributed by atoms with Crippen LogP contribution in [0.25, 0.3) is 0 Å². The Hall–Kier alpha value is -0.900. The van der Waals surface area contributed by atoms with E-state index < -0.39 is 0 Å². The standard InChI is InChI=1S/C12H15BrN2O/c1-8-3-11(4-9(2)14-8)15-7-10(6-13)5-12(15)16/h3-4,10H,5-7H2,1-2H3. The van der Waals surface area contributed by atoms with Gasteiger partial charge in [-0.25, -0.2) is 0 Å². The molecule has 0 spiro atoms. The van der Waals surface area contributed by atoms with Gasteiger partial charge in [-0.15, -0.1) is 0 Å². The highest BCUT2D eigenvalue weighted by atomic mass is 79.9. The molecular formula is C12H15BrN2O. The van der Waals surface area contributed by atoms with E-state index in [-0.39, 0.29) is 5.91 Å². The normalized spacial score (nSPS) is 20.6. The van der Waals surface area contributed by atoms with Gasteiger partial charge in [0.2, 0.25) is 5.91 Å². The van der Waals surface area contributed by atoms with E-state index in [1.165, 1.54) is 0 Å². The van der Waals surface area contributed by atoms with E-state index in [4.69, 9.17) is 0 Å². The van der Waals surface area contributed by atoms with E-state index >= 15 is 0 Å². The molecule has 2 heterocycles. The molecule has 1 amide bonds. The molecule has 0 aromatic carbocycles. The highest BCUT2D eigenvalue weighted by molar-refractivity contribution is 9.09. The molecule has 3 nitrogen and oxygen atoms in total. The van der Waals surface area contributed by atoms with Crippen LogP contribution in [-0.2, 0) is 4.79 Å². The van der Waals surface area contributed by atoms with Crippen LogP contribution >= 0.6 is 15.9 Å². The molecule has 1 aliphatic heterocycles. The second kappa shape index (κ2) is 4.53. The molecule has 1 saturated heterocycles. The first-order valence-electron chi connectivity index (χ1n) is 5.42. The van der Waals surface area contributed by atoms with Crippen molar-refractivity contribution in [2.75, 3.05) is 16.8 Å². The number of carbonyl (C=O) groups is 1. The van der Waals surface area contributed by atoms with Crippen LogP contribution in [0.1, 0.15) is 17.8 Å². The van der Waals surface area contributed by atoms with Crippen molar-refractivity contribution < 1.29 is 4.79 Å². The molecular weight excluding hydrogens is 268 g/mol. The molecule has 0 bridgehead atoms. The summed E-state index contributed by atoms with van der Waals surface area (Å²) in [7, 11) is 0. The number of nitrogens with zero attached hydrogens (tertiary/aromatic N) is 2. The van der Waals surface area contributed by atoms with Gasteiger partial charge in [-0.2, -0.15) is 0 Å². The third kappa shape index (κ3) is 2.26. The van der Waals surface area contributed by atoms with Crippen molar-refractivity contribution in [1.82, 2.24) is 4.98 Å². The van der Waals surface area contributed by atoms with Crippen LogP contribution in [0.5, 0.6) is 0 Å². The van der Waals surface area contributed by atoms with E-state index in [0.717, 1.165) is 29.0 Å². The Morgan fingerprint density at radius 3 is 2.56 bits per heavy atom. The molecule has 2 rings (SSSR count). The number of aryl methyl sites for hydroxylation is 2. The number of carbonyl (C=O) groups excluding carboxylic acids is 1. The fraction of sp³-hybridized carbons (Fsp3) is 0.500. The van der Waals surface area contributed by atoms with E-state index in [2.05, 4.69) is 20.9 Å². The first-order valence-corrected chi connectivity index (χ1v) is 6.54. The van der Waals surface area contributed by atoms with Crippen molar-refractivity contribution in [3.05, 3.63) is 23.5 Å². The van der Waals surface area contributed by atoms with Crippen LogP contribution in [0.15, 0.2) is 12.1 Å². The minimum absolute atomic E-state index is 0.217. The Kier molecular flexibility index (Phi) is 3.28. The highest BCUT2D eigenvalue weighted by Gasteiger charge is 2.29. The van der Waals surface area contributed by atoms with Crippen LogP contribution in [0, 0.1) is 19.8 Å². The van der Waals surface area contributed by atoms with Gasteiger partial charge >= 0.3 is 0 Å². The number of anilines is 1. The maximum absolute atomic E-state index is 11.9. The molecule has 1 aliphatic rings. The molecule has 1 aromatic heterocycles. The summed E-state index contributed by atoms with van der Waals surface area (Å²) in [6, 6.07) is 3.95. The molecule has 0 aliphatic carbocycles. The van der Waals surface area contributed by atoms with Gasteiger partial charge in [-0.3, -0.25) is 9.78 Å². The lowest BCUT2D eigenvalue weighted by Gasteiger charge is -2.17. The summed E-state index contributed by atoms with van der Waals surface area (Å²) in [5, 5.41) is 0.887. The molecule has 0 radical (unpaired) electrons. The Morgan fingerprint density at radius 2 is 2.06 bits per heavy atom. The van der Waals surface area contributed by atoms with Crippen molar-refractivity contribution >= 4 is 27.5 Å². The Labute approximate surface area is 104 Å². The zero-order valence-corrected chi connectivity index (χ0v) is 11.1. The van der Waals surface area contributed by atoms with Crippen LogP contribution in [0.4, 0.5) is 5.69 Å². The van der Waals surface area contributed by atoms with Gasteiger partial charge in [0.25, 0.3) is 0 Å². The molecule has 1 aromatic rings. The molecule has 0 N–H and O–H groups in total. The van der Waals surface area contributed by atoms with Crippen molar-refractivity contribution in [3.63, 3.8) is 0 Å². The molecule has 16 heavy (non-hydrogen) atoms. The summed E-state index contributed by atoms with van der Waals surface area (Å²) in [6.45, 7) is 4.73. The lowest BCUT2D eigenvalue weighted by atomic mass is 10.2. The second-order valence-electron chi connectivity index (χ2n) is 4.34. The maximum Gasteiger partial charge on any atom is 0.227 e. The molecule has 1 unspecified atom stereocenters. The van der Waals surface area contributed by atoms with Crippen molar-refractivity contribution in [2.24, 2.45) is 5.92 Å². The average molecular weight is 283 g/mol. The quantitative estimate of drug-likeness (QED) is 0.781. The summed E-state index contributed by atoms with van der Waals surface area (Å²) in [4.78, 5) is 18.0. The number of halogens is 1. The van der Waals surface area contributed by atoms with Crippen molar-refractivity contribution in [1.29, 1.82) is 0 Å². The number of hydrogen-bond acceptors (Lipinski definition) is 2. The van der Waals surface area contributed by atoms with Gasteiger partial charge in [0.15, 0.2) is 0 Å². The third-order valence-electron chi connectivity index (χ3n) is 2.80. The Bertz CT molecular complexity index is 399. The number of pyridine rings is 1. The predicted molar refractivity (Wildman–Crippen MR) is 68.0 cm³/mol.